The van der Waals surface area contributed by atoms with E-state index in [1.54, 1.807) is 6.92 Å². The van der Waals surface area contributed by atoms with Crippen LogP contribution in [0.2, 0.25) is 0 Å². The second-order valence-corrected chi connectivity index (χ2v) is 6.75. The van der Waals surface area contributed by atoms with Crippen LogP contribution in [0, 0.1) is 0 Å². The Kier molecular flexibility index (Phi) is 4.39. The fraction of sp³-hybridized carbons (Fsp3) is 0.556. The molecule has 5 heteroatoms. The quantitative estimate of drug-likeness (QED) is 0.941. The molecule has 0 saturated heterocycles. The fourth-order valence-electron chi connectivity index (χ4n) is 3.01. The lowest BCUT2D eigenvalue weighted by Crippen LogP contribution is -2.23. The molecule has 3 heterocycles. The minimum Gasteiger partial charge on any atom is -0.475 e. The molecule has 5 nitrogen and oxygen atoms in total. The van der Waals surface area contributed by atoms with E-state index in [9.17, 15) is 5.11 Å². The van der Waals surface area contributed by atoms with Crippen molar-refractivity contribution in [2.45, 2.75) is 65.2 Å². The Labute approximate surface area is 137 Å². The third-order valence-corrected chi connectivity index (χ3v) is 4.18. The summed E-state index contributed by atoms with van der Waals surface area (Å²) < 4.78 is 8.03. The SMILES string of the molecule is CC(O)Cc1ccc(-c2nn3c(c2C(C)C)O[C@H](C)CC3)cn1. The first kappa shape index (κ1) is 16.0. The number of pyridine rings is 1. The highest BCUT2D eigenvalue weighted by molar-refractivity contribution is 5.65. The first-order valence-electron chi connectivity index (χ1n) is 8.36. The lowest BCUT2D eigenvalue weighted by atomic mass is 9.99. The van der Waals surface area contributed by atoms with Gasteiger partial charge < -0.3 is 9.84 Å². The van der Waals surface area contributed by atoms with Crippen molar-refractivity contribution in [2.75, 3.05) is 0 Å². The van der Waals surface area contributed by atoms with Crippen molar-refractivity contribution in [1.82, 2.24) is 14.8 Å². The molecular formula is C18H25N3O2. The van der Waals surface area contributed by atoms with Gasteiger partial charge in [-0.05, 0) is 31.9 Å². The predicted molar refractivity (Wildman–Crippen MR) is 89.6 cm³/mol. The summed E-state index contributed by atoms with van der Waals surface area (Å²) in [5.74, 6) is 1.23. The minimum absolute atomic E-state index is 0.232. The maximum atomic E-state index is 9.47. The van der Waals surface area contributed by atoms with Gasteiger partial charge in [-0.25, -0.2) is 4.68 Å². The lowest BCUT2D eigenvalue weighted by Gasteiger charge is -2.23. The average Bonchev–Trinajstić information content (AvgIpc) is 2.86. The molecule has 1 aliphatic heterocycles. The summed E-state index contributed by atoms with van der Waals surface area (Å²) in [7, 11) is 0. The molecule has 0 radical (unpaired) electrons. The summed E-state index contributed by atoms with van der Waals surface area (Å²) in [6.07, 6.45) is 3.25. The van der Waals surface area contributed by atoms with E-state index in [1.807, 2.05) is 23.0 Å². The Balaban J connectivity index is 1.99. The van der Waals surface area contributed by atoms with Gasteiger partial charge in [-0.15, -0.1) is 0 Å². The van der Waals surface area contributed by atoms with E-state index in [2.05, 4.69) is 25.8 Å². The Bertz CT molecular complexity index is 674. The summed E-state index contributed by atoms with van der Waals surface area (Å²) >= 11 is 0. The summed E-state index contributed by atoms with van der Waals surface area (Å²) in [4.78, 5) is 4.47. The van der Waals surface area contributed by atoms with Crippen LogP contribution in [-0.2, 0) is 13.0 Å². The number of aliphatic hydroxyl groups is 1. The smallest absolute Gasteiger partial charge is 0.216 e. The zero-order chi connectivity index (χ0) is 16.6. The molecule has 0 aliphatic carbocycles. The van der Waals surface area contributed by atoms with Crippen molar-refractivity contribution in [1.29, 1.82) is 0 Å². The first-order chi connectivity index (χ1) is 11.0. The van der Waals surface area contributed by atoms with Crippen molar-refractivity contribution in [3.05, 3.63) is 29.6 Å². The molecule has 2 aromatic heterocycles. The van der Waals surface area contributed by atoms with Gasteiger partial charge in [-0.3, -0.25) is 4.98 Å². The van der Waals surface area contributed by atoms with Gasteiger partial charge in [-0.2, -0.15) is 5.10 Å². The molecule has 2 atom stereocenters. The second-order valence-electron chi connectivity index (χ2n) is 6.75. The van der Waals surface area contributed by atoms with Gasteiger partial charge in [0.15, 0.2) is 0 Å². The number of rotatable bonds is 4. The first-order valence-corrected chi connectivity index (χ1v) is 8.36. The number of aromatic nitrogens is 3. The molecule has 1 unspecified atom stereocenters. The number of fused-ring (bicyclic) bond motifs is 1. The molecule has 0 amide bonds. The van der Waals surface area contributed by atoms with Crippen LogP contribution >= 0.6 is 0 Å². The van der Waals surface area contributed by atoms with E-state index in [1.165, 1.54) is 0 Å². The maximum absolute atomic E-state index is 9.47. The van der Waals surface area contributed by atoms with Crippen molar-refractivity contribution in [3.8, 4) is 17.1 Å². The molecule has 0 aromatic carbocycles. The second kappa shape index (κ2) is 6.32. The third-order valence-electron chi connectivity index (χ3n) is 4.18. The minimum atomic E-state index is -0.380. The van der Waals surface area contributed by atoms with Crippen LogP contribution in [0.5, 0.6) is 5.88 Å². The highest BCUT2D eigenvalue weighted by atomic mass is 16.5. The van der Waals surface area contributed by atoms with E-state index in [0.29, 0.717) is 12.3 Å². The molecule has 0 fully saturated rings. The van der Waals surface area contributed by atoms with Gasteiger partial charge in [0, 0.05) is 42.4 Å². The van der Waals surface area contributed by atoms with E-state index < -0.39 is 0 Å². The molecule has 23 heavy (non-hydrogen) atoms. The van der Waals surface area contributed by atoms with Crippen molar-refractivity contribution in [2.24, 2.45) is 0 Å². The molecule has 3 rings (SSSR count). The Morgan fingerprint density at radius 2 is 2.13 bits per heavy atom. The monoisotopic (exact) mass is 315 g/mol. The maximum Gasteiger partial charge on any atom is 0.216 e. The average molecular weight is 315 g/mol. The van der Waals surface area contributed by atoms with Gasteiger partial charge in [0.2, 0.25) is 5.88 Å². The van der Waals surface area contributed by atoms with Crippen molar-refractivity contribution in [3.63, 3.8) is 0 Å². The van der Waals surface area contributed by atoms with Crippen LogP contribution in [0.25, 0.3) is 11.3 Å². The van der Waals surface area contributed by atoms with Gasteiger partial charge in [0.1, 0.15) is 5.69 Å². The molecule has 0 saturated carbocycles. The van der Waals surface area contributed by atoms with E-state index >= 15 is 0 Å². The standard InChI is InChI=1S/C18H25N3O2/c1-11(2)16-17(20-21-8-7-13(4)23-18(16)21)14-5-6-15(19-10-14)9-12(3)22/h5-6,10-13,22H,7-9H2,1-4H3/t12?,13-/m1/s1. The molecular weight excluding hydrogens is 290 g/mol. The van der Waals surface area contributed by atoms with E-state index in [4.69, 9.17) is 9.84 Å². The Morgan fingerprint density at radius 1 is 1.35 bits per heavy atom. The largest absolute Gasteiger partial charge is 0.475 e. The number of aliphatic hydroxyl groups excluding tert-OH is 1. The third kappa shape index (κ3) is 3.24. The summed E-state index contributed by atoms with van der Waals surface area (Å²) in [5.41, 5.74) is 4.01. The van der Waals surface area contributed by atoms with Gasteiger partial charge in [0.25, 0.3) is 0 Å². The molecule has 1 N–H and O–H groups in total. The van der Waals surface area contributed by atoms with Gasteiger partial charge in [-0.1, -0.05) is 13.8 Å². The molecule has 0 bridgehead atoms. The number of aryl methyl sites for hydroxylation is 1. The van der Waals surface area contributed by atoms with Crippen LogP contribution in [0.4, 0.5) is 0 Å². The Hall–Kier alpha value is -1.88. The zero-order valence-electron chi connectivity index (χ0n) is 14.3. The number of hydrogen-bond donors (Lipinski definition) is 1. The number of hydrogen-bond acceptors (Lipinski definition) is 4. The summed E-state index contributed by atoms with van der Waals surface area (Å²) in [6, 6.07) is 4.00. The van der Waals surface area contributed by atoms with Crippen LogP contribution in [-0.4, -0.2) is 32.1 Å². The van der Waals surface area contributed by atoms with Crippen LogP contribution in [0.1, 0.15) is 51.3 Å². The highest BCUT2D eigenvalue weighted by Crippen LogP contribution is 2.38. The molecule has 1 aliphatic rings. The molecule has 2 aromatic rings. The topological polar surface area (TPSA) is 60.2 Å². The van der Waals surface area contributed by atoms with Gasteiger partial charge >= 0.3 is 0 Å². The lowest BCUT2D eigenvalue weighted by molar-refractivity contribution is 0.147. The summed E-state index contributed by atoms with van der Waals surface area (Å²) in [6.45, 7) is 9.10. The van der Waals surface area contributed by atoms with E-state index in [-0.39, 0.29) is 12.2 Å². The Morgan fingerprint density at radius 3 is 2.74 bits per heavy atom. The van der Waals surface area contributed by atoms with Gasteiger partial charge in [0.05, 0.1) is 12.2 Å². The molecule has 0 spiro atoms. The zero-order valence-corrected chi connectivity index (χ0v) is 14.3. The summed E-state index contributed by atoms with van der Waals surface area (Å²) in [5, 5.41) is 14.2. The number of nitrogens with zero attached hydrogens (tertiary/aromatic N) is 3. The number of ether oxygens (including phenoxy) is 1. The van der Waals surface area contributed by atoms with Crippen molar-refractivity contribution >= 4 is 0 Å². The van der Waals surface area contributed by atoms with Crippen LogP contribution in [0.3, 0.4) is 0 Å². The van der Waals surface area contributed by atoms with Crippen LogP contribution in [0.15, 0.2) is 18.3 Å². The van der Waals surface area contributed by atoms with E-state index in [0.717, 1.165) is 41.4 Å². The van der Waals surface area contributed by atoms with Crippen molar-refractivity contribution < 1.29 is 9.84 Å². The highest BCUT2D eigenvalue weighted by Gasteiger charge is 2.27. The predicted octanol–water partition coefficient (Wildman–Crippen LogP) is 3.16. The molecule has 124 valence electrons. The van der Waals surface area contributed by atoms with Crippen LogP contribution < -0.4 is 4.74 Å². The normalized spacial score (nSPS) is 18.6. The fourth-order valence-corrected chi connectivity index (χ4v) is 3.01.